The van der Waals surface area contributed by atoms with E-state index in [-0.39, 0.29) is 5.56 Å². The number of H-pyrrole nitrogens is 1. The average Bonchev–Trinajstić information content (AvgIpc) is 2.84. The van der Waals surface area contributed by atoms with Crippen molar-refractivity contribution in [1.82, 2.24) is 9.97 Å². The van der Waals surface area contributed by atoms with Crippen molar-refractivity contribution in [1.29, 1.82) is 0 Å². The summed E-state index contributed by atoms with van der Waals surface area (Å²) in [5, 5.41) is 9.50. The number of carboxylic acid groups (broad SMARTS) is 1. The molecule has 1 atom stereocenters. The third-order valence-electron chi connectivity index (χ3n) is 3.97. The Morgan fingerprint density at radius 1 is 1.55 bits per heavy atom. The molecule has 20 heavy (non-hydrogen) atoms. The van der Waals surface area contributed by atoms with Gasteiger partial charge in [-0.1, -0.05) is 20.3 Å². The van der Waals surface area contributed by atoms with Crippen molar-refractivity contribution >= 4 is 11.8 Å². The number of aromatic amines is 1. The van der Waals surface area contributed by atoms with Gasteiger partial charge in [0.15, 0.2) is 0 Å². The fourth-order valence-electron chi connectivity index (χ4n) is 2.86. The highest BCUT2D eigenvalue weighted by Crippen LogP contribution is 2.37. The molecule has 0 amide bonds. The molecule has 6 heteroatoms. The molecule has 2 N–H and O–H groups in total. The summed E-state index contributed by atoms with van der Waals surface area (Å²) >= 11 is 0. The molecule has 1 aliphatic rings. The van der Waals surface area contributed by atoms with E-state index in [1.165, 1.54) is 6.07 Å². The summed E-state index contributed by atoms with van der Waals surface area (Å²) in [5.41, 5.74) is -0.888. The molecule has 0 aromatic carbocycles. The molecule has 0 saturated carbocycles. The lowest BCUT2D eigenvalue weighted by Crippen LogP contribution is -2.35. The van der Waals surface area contributed by atoms with Crippen LogP contribution in [0.5, 0.6) is 0 Å². The molecule has 1 fully saturated rings. The van der Waals surface area contributed by atoms with Gasteiger partial charge >= 0.3 is 5.97 Å². The number of rotatable bonds is 5. The Morgan fingerprint density at radius 2 is 2.30 bits per heavy atom. The van der Waals surface area contributed by atoms with Crippen molar-refractivity contribution in [3.63, 3.8) is 0 Å². The standard InChI is InChI=1S/C14H21N3O3/c1-3-5-14(13(19)20)6-7-17(9-14)11-8-12(18)16-10(4-2)15-11/h8H,3-7,9H2,1-2H3,(H,19,20)(H,15,16,18). The van der Waals surface area contributed by atoms with Gasteiger partial charge in [0.1, 0.15) is 11.6 Å². The highest BCUT2D eigenvalue weighted by molar-refractivity contribution is 5.76. The highest BCUT2D eigenvalue weighted by atomic mass is 16.4. The minimum absolute atomic E-state index is 0.185. The first-order chi connectivity index (χ1) is 9.50. The van der Waals surface area contributed by atoms with Crippen molar-refractivity contribution in [3.8, 4) is 0 Å². The second-order valence-electron chi connectivity index (χ2n) is 5.41. The number of hydrogen-bond acceptors (Lipinski definition) is 4. The average molecular weight is 279 g/mol. The predicted molar refractivity (Wildman–Crippen MR) is 76.0 cm³/mol. The summed E-state index contributed by atoms with van der Waals surface area (Å²) in [6.45, 7) is 4.97. The minimum Gasteiger partial charge on any atom is -0.481 e. The lowest BCUT2D eigenvalue weighted by Gasteiger charge is -2.24. The van der Waals surface area contributed by atoms with E-state index in [0.29, 0.717) is 44.0 Å². The number of aromatic nitrogens is 2. The normalized spacial score (nSPS) is 22.2. The van der Waals surface area contributed by atoms with E-state index in [9.17, 15) is 14.7 Å². The maximum Gasteiger partial charge on any atom is 0.311 e. The van der Waals surface area contributed by atoms with Crippen molar-refractivity contribution in [2.75, 3.05) is 18.0 Å². The highest BCUT2D eigenvalue weighted by Gasteiger charge is 2.44. The first-order valence-electron chi connectivity index (χ1n) is 7.09. The van der Waals surface area contributed by atoms with E-state index in [2.05, 4.69) is 9.97 Å². The maximum atomic E-state index is 11.6. The van der Waals surface area contributed by atoms with Gasteiger partial charge in [0.25, 0.3) is 5.56 Å². The van der Waals surface area contributed by atoms with Crippen LogP contribution in [-0.4, -0.2) is 34.1 Å². The van der Waals surface area contributed by atoms with Gasteiger partial charge in [-0.2, -0.15) is 0 Å². The summed E-state index contributed by atoms with van der Waals surface area (Å²) in [4.78, 5) is 32.2. The largest absolute Gasteiger partial charge is 0.481 e. The van der Waals surface area contributed by atoms with Crippen LogP contribution >= 0.6 is 0 Å². The van der Waals surface area contributed by atoms with Gasteiger partial charge in [-0.25, -0.2) is 4.98 Å². The number of aryl methyl sites for hydroxylation is 1. The maximum absolute atomic E-state index is 11.6. The van der Waals surface area contributed by atoms with Crippen molar-refractivity contribution in [2.24, 2.45) is 5.41 Å². The molecule has 1 aromatic rings. The molecule has 1 aromatic heterocycles. The number of carbonyl (C=O) groups is 1. The van der Waals surface area contributed by atoms with Gasteiger partial charge < -0.3 is 15.0 Å². The number of anilines is 1. The third kappa shape index (κ3) is 2.69. The van der Waals surface area contributed by atoms with E-state index in [1.54, 1.807) is 0 Å². The zero-order valence-electron chi connectivity index (χ0n) is 12.0. The van der Waals surface area contributed by atoms with Crippen LogP contribution in [0.1, 0.15) is 38.9 Å². The van der Waals surface area contributed by atoms with Crippen LogP contribution in [0, 0.1) is 5.41 Å². The molecule has 1 saturated heterocycles. The zero-order valence-corrected chi connectivity index (χ0v) is 12.0. The summed E-state index contributed by atoms with van der Waals surface area (Å²) in [6.07, 6.45) is 2.74. The SMILES string of the molecule is CCCC1(C(=O)O)CCN(c2cc(=O)[nH]c(CC)n2)C1. The summed E-state index contributed by atoms with van der Waals surface area (Å²) in [7, 11) is 0. The molecule has 0 radical (unpaired) electrons. The Bertz CT molecular complexity index is 555. The van der Waals surface area contributed by atoms with Crippen LogP contribution in [-0.2, 0) is 11.2 Å². The second kappa shape index (κ2) is 5.64. The summed E-state index contributed by atoms with van der Waals surface area (Å²) < 4.78 is 0. The number of aliphatic carboxylic acids is 1. The molecule has 1 unspecified atom stereocenters. The van der Waals surface area contributed by atoms with E-state index in [1.807, 2.05) is 18.7 Å². The van der Waals surface area contributed by atoms with Crippen molar-refractivity contribution in [3.05, 3.63) is 22.2 Å². The van der Waals surface area contributed by atoms with Crippen LogP contribution in [0.15, 0.2) is 10.9 Å². The first-order valence-corrected chi connectivity index (χ1v) is 7.09. The Balaban J connectivity index is 2.26. The molecule has 0 spiro atoms. The second-order valence-corrected chi connectivity index (χ2v) is 5.41. The minimum atomic E-state index is -0.748. The number of carboxylic acids is 1. The van der Waals surface area contributed by atoms with Crippen LogP contribution < -0.4 is 10.5 Å². The topological polar surface area (TPSA) is 86.3 Å². The molecular formula is C14H21N3O3. The van der Waals surface area contributed by atoms with Crippen LogP contribution in [0.4, 0.5) is 5.82 Å². The van der Waals surface area contributed by atoms with E-state index >= 15 is 0 Å². The molecule has 0 bridgehead atoms. The first kappa shape index (κ1) is 14.6. The lowest BCUT2D eigenvalue weighted by atomic mass is 9.83. The number of nitrogens with one attached hydrogen (secondary N) is 1. The van der Waals surface area contributed by atoms with Crippen LogP contribution in [0.25, 0.3) is 0 Å². The molecule has 6 nitrogen and oxygen atoms in total. The van der Waals surface area contributed by atoms with Gasteiger partial charge in [0.05, 0.1) is 5.41 Å². The molecule has 2 heterocycles. The number of hydrogen-bond donors (Lipinski definition) is 2. The van der Waals surface area contributed by atoms with Crippen molar-refractivity contribution < 1.29 is 9.90 Å². The monoisotopic (exact) mass is 279 g/mol. The third-order valence-corrected chi connectivity index (χ3v) is 3.97. The molecule has 2 rings (SSSR count). The molecular weight excluding hydrogens is 258 g/mol. The quantitative estimate of drug-likeness (QED) is 0.851. The Labute approximate surface area is 117 Å². The lowest BCUT2D eigenvalue weighted by molar-refractivity contribution is -0.148. The summed E-state index contributed by atoms with van der Waals surface area (Å²) in [5.74, 6) is 0.475. The van der Waals surface area contributed by atoms with Gasteiger partial charge in [-0.05, 0) is 12.8 Å². The number of nitrogens with zero attached hydrogens (tertiary/aromatic N) is 2. The zero-order chi connectivity index (χ0) is 14.8. The predicted octanol–water partition coefficient (Wildman–Crippen LogP) is 1.41. The Hall–Kier alpha value is -1.85. The molecule has 110 valence electrons. The van der Waals surface area contributed by atoms with Gasteiger partial charge in [-0.3, -0.25) is 9.59 Å². The van der Waals surface area contributed by atoms with Crippen molar-refractivity contribution in [2.45, 2.75) is 39.5 Å². The van der Waals surface area contributed by atoms with Gasteiger partial charge in [0, 0.05) is 25.6 Å². The fraction of sp³-hybridized carbons (Fsp3) is 0.643. The summed E-state index contributed by atoms with van der Waals surface area (Å²) in [6, 6.07) is 1.45. The molecule has 1 aliphatic heterocycles. The molecule has 0 aliphatic carbocycles. The van der Waals surface area contributed by atoms with Crippen LogP contribution in [0.3, 0.4) is 0 Å². The fourth-order valence-corrected chi connectivity index (χ4v) is 2.86. The van der Waals surface area contributed by atoms with E-state index in [4.69, 9.17) is 0 Å². The van der Waals surface area contributed by atoms with Crippen LogP contribution in [0.2, 0.25) is 0 Å². The Kier molecular flexibility index (Phi) is 4.11. The van der Waals surface area contributed by atoms with Gasteiger partial charge in [0.2, 0.25) is 0 Å². The van der Waals surface area contributed by atoms with Gasteiger partial charge in [-0.15, -0.1) is 0 Å². The smallest absolute Gasteiger partial charge is 0.311 e. The Morgan fingerprint density at radius 3 is 2.90 bits per heavy atom. The van der Waals surface area contributed by atoms with E-state index < -0.39 is 11.4 Å². The van der Waals surface area contributed by atoms with E-state index in [0.717, 1.165) is 6.42 Å².